The van der Waals surface area contributed by atoms with Crippen LogP contribution in [0.1, 0.15) is 16.7 Å². The van der Waals surface area contributed by atoms with Crippen LogP contribution in [0.4, 0.5) is 0 Å². The molecule has 31 heavy (non-hydrogen) atoms. The summed E-state index contributed by atoms with van der Waals surface area (Å²) in [6.07, 6.45) is -1.41. The van der Waals surface area contributed by atoms with Crippen LogP contribution in [-0.2, 0) is 14.4 Å². The number of fused-ring (bicyclic) bond motifs is 1. The number of amides is 2. The Hall–Kier alpha value is -2.41. The highest BCUT2D eigenvalue weighted by molar-refractivity contribution is 8.01. The molecule has 12 heteroatoms. The molecule has 2 aliphatic heterocycles. The fourth-order valence-corrected chi connectivity index (χ4v) is 6.60. The molecule has 0 radical (unpaired) electrons. The molecule has 9 nitrogen and oxygen atoms in total. The van der Waals surface area contributed by atoms with Gasteiger partial charge in [0.25, 0.3) is 11.8 Å². The van der Waals surface area contributed by atoms with Gasteiger partial charge in [0.05, 0.1) is 0 Å². The van der Waals surface area contributed by atoms with E-state index >= 15 is 0 Å². The average molecular weight is 479 g/mol. The van der Waals surface area contributed by atoms with E-state index in [2.05, 4.69) is 15.5 Å². The first kappa shape index (κ1) is 21.8. The molecule has 0 saturated carbocycles. The van der Waals surface area contributed by atoms with Gasteiger partial charge in [-0.15, -0.1) is 22.0 Å². The summed E-state index contributed by atoms with van der Waals surface area (Å²) in [4.78, 5) is 38.3. The lowest BCUT2D eigenvalue weighted by molar-refractivity contribution is -0.151. The summed E-state index contributed by atoms with van der Waals surface area (Å²) in [5.74, 6) is -1.59. The Morgan fingerprint density at radius 1 is 1.32 bits per heavy atom. The largest absolute Gasteiger partial charge is 0.477 e. The van der Waals surface area contributed by atoms with Crippen LogP contribution in [0.25, 0.3) is 0 Å². The number of rotatable bonds is 7. The fraction of sp³-hybridized carbons (Fsp3) is 0.316. The quantitative estimate of drug-likeness (QED) is 0.399. The van der Waals surface area contributed by atoms with Crippen LogP contribution in [0.15, 0.2) is 45.9 Å². The van der Waals surface area contributed by atoms with E-state index in [-0.39, 0.29) is 5.70 Å². The molecule has 0 aliphatic carbocycles. The molecule has 3 atom stereocenters. The second kappa shape index (κ2) is 8.99. The first-order valence-electron chi connectivity index (χ1n) is 9.23. The van der Waals surface area contributed by atoms with Gasteiger partial charge in [-0.25, -0.2) is 4.79 Å². The Morgan fingerprint density at radius 2 is 2.06 bits per heavy atom. The third-order valence-corrected chi connectivity index (χ3v) is 8.19. The van der Waals surface area contributed by atoms with Crippen LogP contribution < -0.4 is 5.32 Å². The number of carbonyl (C=O) groups excluding carboxylic acids is 2. The maximum atomic E-state index is 12.7. The van der Waals surface area contributed by atoms with Crippen LogP contribution in [-0.4, -0.2) is 66.0 Å². The molecule has 162 valence electrons. The van der Waals surface area contributed by atoms with Crippen molar-refractivity contribution in [3.05, 3.63) is 52.2 Å². The maximum Gasteiger partial charge on any atom is 0.352 e. The van der Waals surface area contributed by atoms with Crippen molar-refractivity contribution >= 4 is 52.6 Å². The number of aryl methyl sites for hydroxylation is 1. The van der Waals surface area contributed by atoms with Crippen molar-refractivity contribution in [1.29, 1.82) is 0 Å². The number of carboxylic acids is 1. The Labute approximate surface area is 189 Å². The Bertz CT molecular complexity index is 1060. The van der Waals surface area contributed by atoms with Gasteiger partial charge in [0.15, 0.2) is 10.4 Å². The van der Waals surface area contributed by atoms with Gasteiger partial charge in [-0.1, -0.05) is 53.4 Å². The van der Waals surface area contributed by atoms with E-state index in [1.165, 1.54) is 39.8 Å². The highest BCUT2D eigenvalue weighted by Crippen LogP contribution is 2.42. The van der Waals surface area contributed by atoms with E-state index in [1.807, 2.05) is 6.92 Å². The van der Waals surface area contributed by atoms with Crippen LogP contribution in [0, 0.1) is 6.92 Å². The van der Waals surface area contributed by atoms with Crippen molar-refractivity contribution < 1.29 is 24.6 Å². The van der Waals surface area contributed by atoms with E-state index in [4.69, 9.17) is 0 Å². The van der Waals surface area contributed by atoms with Crippen LogP contribution in [0.3, 0.4) is 0 Å². The Kier molecular flexibility index (Phi) is 6.32. The SMILES string of the molecule is Cc1nnc(SCC2=C(C(=O)O)N3C(=O)[C@@H](NC(=O)C(O)c4ccccc4)[C@H]3SC2)s1. The molecule has 2 amide bonds. The number of aliphatic hydroxyl groups is 1. The van der Waals surface area contributed by atoms with Crippen LogP contribution >= 0.6 is 34.9 Å². The molecular formula is C19H18N4O5S3. The number of aliphatic carboxylic acids is 1. The number of benzene rings is 1. The average Bonchev–Trinajstić information content (AvgIpc) is 3.20. The lowest BCUT2D eigenvalue weighted by atomic mass is 10.0. The summed E-state index contributed by atoms with van der Waals surface area (Å²) < 4.78 is 0.733. The third-order valence-electron chi connectivity index (χ3n) is 4.79. The van der Waals surface area contributed by atoms with Crippen molar-refractivity contribution in [2.45, 2.75) is 28.8 Å². The third kappa shape index (κ3) is 4.33. The molecule has 0 spiro atoms. The molecule has 1 saturated heterocycles. The molecule has 1 aromatic heterocycles. The minimum atomic E-state index is -1.41. The number of thioether (sulfide) groups is 2. The summed E-state index contributed by atoms with van der Waals surface area (Å²) in [6, 6.07) is 7.51. The summed E-state index contributed by atoms with van der Waals surface area (Å²) in [6.45, 7) is 1.84. The number of nitrogens with zero attached hydrogens (tertiary/aromatic N) is 3. The molecule has 3 heterocycles. The van der Waals surface area contributed by atoms with E-state index in [0.29, 0.717) is 22.6 Å². The maximum absolute atomic E-state index is 12.7. The van der Waals surface area contributed by atoms with Gasteiger partial charge in [0.1, 0.15) is 22.1 Å². The first-order valence-corrected chi connectivity index (χ1v) is 12.1. The Morgan fingerprint density at radius 3 is 2.71 bits per heavy atom. The lowest BCUT2D eigenvalue weighted by Crippen LogP contribution is -2.70. The first-order chi connectivity index (χ1) is 14.9. The zero-order valence-corrected chi connectivity index (χ0v) is 18.7. The summed E-state index contributed by atoms with van der Waals surface area (Å²) in [5, 5.41) is 30.8. The number of β-lactam (4-membered cyclic amide) rings is 1. The fourth-order valence-electron chi connectivity index (χ4n) is 3.30. The molecule has 1 aromatic carbocycles. The van der Waals surface area contributed by atoms with Crippen molar-refractivity contribution in [2.24, 2.45) is 0 Å². The number of carbonyl (C=O) groups is 3. The number of hydrogen-bond donors (Lipinski definition) is 3. The van der Waals surface area contributed by atoms with Crippen molar-refractivity contribution in [2.75, 3.05) is 11.5 Å². The van der Waals surface area contributed by atoms with E-state index in [0.717, 1.165) is 9.35 Å². The number of aliphatic hydroxyl groups excluding tert-OH is 1. The smallest absolute Gasteiger partial charge is 0.352 e. The van der Waals surface area contributed by atoms with E-state index < -0.39 is 35.3 Å². The van der Waals surface area contributed by atoms with Gasteiger partial charge in [-0.05, 0) is 18.1 Å². The number of hydrogen-bond acceptors (Lipinski definition) is 9. The standard InChI is InChI=1S/C19H18N4O5S3/c1-9-21-22-19(31-9)30-8-11-7-29-17-12(16(26)23(17)13(11)18(27)28)20-15(25)14(24)10-5-3-2-4-6-10/h2-6,12,14,17,24H,7-8H2,1H3,(H,20,25)(H,27,28)/t12-,14?,17-/m1/s1. The van der Waals surface area contributed by atoms with Gasteiger partial charge in [-0.2, -0.15) is 0 Å². The molecule has 3 N–H and O–H groups in total. The zero-order valence-electron chi connectivity index (χ0n) is 16.2. The Balaban J connectivity index is 1.45. The molecule has 2 aromatic rings. The van der Waals surface area contributed by atoms with Gasteiger partial charge in [0, 0.05) is 11.5 Å². The van der Waals surface area contributed by atoms with Gasteiger partial charge >= 0.3 is 5.97 Å². The monoisotopic (exact) mass is 478 g/mol. The minimum Gasteiger partial charge on any atom is -0.477 e. The van der Waals surface area contributed by atoms with Gasteiger partial charge in [-0.3, -0.25) is 14.5 Å². The van der Waals surface area contributed by atoms with E-state index in [1.54, 1.807) is 30.3 Å². The molecule has 0 bridgehead atoms. The van der Waals surface area contributed by atoms with E-state index in [9.17, 15) is 24.6 Å². The second-order valence-electron chi connectivity index (χ2n) is 6.84. The summed E-state index contributed by atoms with van der Waals surface area (Å²) in [7, 11) is 0. The predicted molar refractivity (Wildman–Crippen MR) is 116 cm³/mol. The highest BCUT2D eigenvalue weighted by Gasteiger charge is 2.54. The number of carboxylic acid groups (broad SMARTS) is 1. The van der Waals surface area contributed by atoms with Gasteiger partial charge in [0.2, 0.25) is 0 Å². The molecule has 2 aliphatic rings. The summed E-state index contributed by atoms with van der Waals surface area (Å²) in [5.41, 5.74) is 0.989. The minimum absolute atomic E-state index is 0.0448. The van der Waals surface area contributed by atoms with Crippen LogP contribution in [0.5, 0.6) is 0 Å². The number of aromatic nitrogens is 2. The molecule has 1 fully saturated rings. The molecular weight excluding hydrogens is 460 g/mol. The van der Waals surface area contributed by atoms with Crippen molar-refractivity contribution in [1.82, 2.24) is 20.4 Å². The molecule has 4 rings (SSSR count). The van der Waals surface area contributed by atoms with Gasteiger partial charge < -0.3 is 15.5 Å². The van der Waals surface area contributed by atoms with Crippen LogP contribution in [0.2, 0.25) is 0 Å². The lowest BCUT2D eigenvalue weighted by Gasteiger charge is -2.49. The molecule has 1 unspecified atom stereocenters. The summed E-state index contributed by atoms with van der Waals surface area (Å²) >= 11 is 4.19. The normalized spacial score (nSPS) is 21.4. The second-order valence-corrected chi connectivity index (χ2v) is 10.4. The highest BCUT2D eigenvalue weighted by atomic mass is 32.2. The topological polar surface area (TPSA) is 133 Å². The van der Waals surface area contributed by atoms with Crippen molar-refractivity contribution in [3.8, 4) is 0 Å². The predicted octanol–water partition coefficient (Wildman–Crippen LogP) is 1.41. The zero-order chi connectivity index (χ0) is 22.1. The number of nitrogens with one attached hydrogen (secondary N) is 1. The van der Waals surface area contributed by atoms with Crippen molar-refractivity contribution in [3.63, 3.8) is 0 Å².